The lowest BCUT2D eigenvalue weighted by Gasteiger charge is -2.01. The van der Waals surface area contributed by atoms with Crippen LogP contribution in [0.25, 0.3) is 12.2 Å². The molecule has 0 radical (unpaired) electrons. The lowest BCUT2D eigenvalue weighted by atomic mass is 10.0. The van der Waals surface area contributed by atoms with Gasteiger partial charge in [0.2, 0.25) is 0 Å². The van der Waals surface area contributed by atoms with Gasteiger partial charge in [-0.05, 0) is 48.2 Å². The number of carboxylic acid groups (broad SMARTS) is 1. The molecular weight excluding hydrogens is 236 g/mol. The van der Waals surface area contributed by atoms with Crippen LogP contribution >= 0.6 is 0 Å². The van der Waals surface area contributed by atoms with Crippen molar-refractivity contribution in [3.63, 3.8) is 0 Å². The van der Waals surface area contributed by atoms with Crippen LogP contribution in [0.2, 0.25) is 0 Å². The highest BCUT2D eigenvalue weighted by Crippen LogP contribution is 2.13. The predicted octanol–water partition coefficient (Wildman–Crippen LogP) is 4.17. The van der Waals surface area contributed by atoms with E-state index >= 15 is 0 Å². The highest BCUT2D eigenvalue weighted by Gasteiger charge is 2.00. The molecule has 0 aliphatic carbocycles. The minimum Gasteiger partial charge on any atom is -0.478 e. The van der Waals surface area contributed by atoms with Crippen LogP contribution in [-0.4, -0.2) is 11.1 Å². The molecule has 2 aromatic rings. The zero-order chi connectivity index (χ0) is 13.8. The second-order valence-corrected chi connectivity index (χ2v) is 4.60. The maximum absolute atomic E-state index is 10.7. The molecule has 0 bridgehead atoms. The highest BCUT2D eigenvalue weighted by atomic mass is 16.4. The Bertz CT molecular complexity index is 622. The summed E-state index contributed by atoms with van der Waals surface area (Å²) in [6.07, 6.45) is 4.01. The number of hydrogen-bond acceptors (Lipinski definition) is 1. The first kappa shape index (κ1) is 13.1. The van der Waals surface area contributed by atoms with E-state index in [1.54, 1.807) is 24.3 Å². The van der Waals surface area contributed by atoms with Crippen molar-refractivity contribution in [2.75, 3.05) is 0 Å². The van der Waals surface area contributed by atoms with Crippen LogP contribution in [0.1, 0.15) is 32.6 Å². The molecule has 1 N–H and O–H groups in total. The largest absolute Gasteiger partial charge is 0.478 e. The summed E-state index contributed by atoms with van der Waals surface area (Å²) in [5.74, 6) is -0.898. The van der Waals surface area contributed by atoms with Gasteiger partial charge >= 0.3 is 5.97 Å². The molecule has 0 atom stereocenters. The third kappa shape index (κ3) is 3.32. The fourth-order valence-electron chi connectivity index (χ4n) is 1.80. The molecule has 0 aliphatic heterocycles. The average molecular weight is 252 g/mol. The van der Waals surface area contributed by atoms with Gasteiger partial charge in [0.15, 0.2) is 0 Å². The second-order valence-electron chi connectivity index (χ2n) is 4.60. The Morgan fingerprint density at radius 3 is 2.05 bits per heavy atom. The Hall–Kier alpha value is -2.35. The van der Waals surface area contributed by atoms with Gasteiger partial charge in [-0.25, -0.2) is 4.79 Å². The van der Waals surface area contributed by atoms with E-state index in [1.807, 2.05) is 12.2 Å². The standard InChI is InChI=1S/C17H16O2/c1-12-3-4-15(11-13(12)2)6-5-14-7-9-16(10-8-14)17(18)19/h3-11H,1-2H3,(H,18,19)/b6-5+. The number of aryl methyl sites for hydroxylation is 2. The van der Waals surface area contributed by atoms with E-state index < -0.39 is 5.97 Å². The van der Waals surface area contributed by atoms with E-state index in [9.17, 15) is 4.79 Å². The van der Waals surface area contributed by atoms with Gasteiger partial charge in [-0.15, -0.1) is 0 Å². The average Bonchev–Trinajstić information content (AvgIpc) is 2.40. The van der Waals surface area contributed by atoms with Crippen LogP contribution in [0.3, 0.4) is 0 Å². The fourth-order valence-corrected chi connectivity index (χ4v) is 1.80. The van der Waals surface area contributed by atoms with E-state index in [1.165, 1.54) is 11.1 Å². The summed E-state index contributed by atoms with van der Waals surface area (Å²) in [7, 11) is 0. The third-order valence-corrected chi connectivity index (χ3v) is 3.16. The number of carbonyl (C=O) groups is 1. The van der Waals surface area contributed by atoms with Crippen molar-refractivity contribution in [1.82, 2.24) is 0 Å². The summed E-state index contributed by atoms with van der Waals surface area (Å²) in [5.41, 5.74) is 4.99. The van der Waals surface area contributed by atoms with E-state index in [4.69, 9.17) is 5.11 Å². The van der Waals surface area contributed by atoms with Crippen molar-refractivity contribution in [3.05, 3.63) is 70.3 Å². The lowest BCUT2D eigenvalue weighted by molar-refractivity contribution is 0.0697. The van der Waals surface area contributed by atoms with Crippen molar-refractivity contribution in [2.45, 2.75) is 13.8 Å². The van der Waals surface area contributed by atoms with Crippen LogP contribution in [0.4, 0.5) is 0 Å². The van der Waals surface area contributed by atoms with Gasteiger partial charge in [-0.3, -0.25) is 0 Å². The molecule has 0 aromatic heterocycles. The summed E-state index contributed by atoms with van der Waals surface area (Å²) in [6.45, 7) is 4.18. The zero-order valence-corrected chi connectivity index (χ0v) is 11.1. The Balaban J connectivity index is 2.17. The minimum atomic E-state index is -0.898. The number of carboxylic acids is 1. The van der Waals surface area contributed by atoms with Gasteiger partial charge in [0, 0.05) is 0 Å². The summed E-state index contributed by atoms with van der Waals surface area (Å²) >= 11 is 0. The normalized spacial score (nSPS) is 10.8. The first-order chi connectivity index (χ1) is 9.06. The van der Waals surface area contributed by atoms with Gasteiger partial charge in [-0.1, -0.05) is 42.5 Å². The van der Waals surface area contributed by atoms with Gasteiger partial charge in [0.1, 0.15) is 0 Å². The van der Waals surface area contributed by atoms with Crippen molar-refractivity contribution in [2.24, 2.45) is 0 Å². The van der Waals surface area contributed by atoms with Crippen molar-refractivity contribution < 1.29 is 9.90 Å². The first-order valence-electron chi connectivity index (χ1n) is 6.15. The van der Waals surface area contributed by atoms with Crippen molar-refractivity contribution in [3.8, 4) is 0 Å². The summed E-state index contributed by atoms with van der Waals surface area (Å²) in [6, 6.07) is 13.2. The van der Waals surface area contributed by atoms with E-state index in [2.05, 4.69) is 32.0 Å². The molecule has 2 rings (SSSR count). The Morgan fingerprint density at radius 2 is 1.47 bits per heavy atom. The fraction of sp³-hybridized carbons (Fsp3) is 0.118. The molecule has 0 amide bonds. The SMILES string of the molecule is Cc1ccc(/C=C/c2ccc(C(=O)O)cc2)cc1C. The number of benzene rings is 2. The zero-order valence-electron chi connectivity index (χ0n) is 11.1. The van der Waals surface area contributed by atoms with E-state index in [-0.39, 0.29) is 0 Å². The molecule has 96 valence electrons. The van der Waals surface area contributed by atoms with Gasteiger partial charge < -0.3 is 5.11 Å². The molecule has 0 aliphatic rings. The number of hydrogen-bond donors (Lipinski definition) is 1. The quantitative estimate of drug-likeness (QED) is 0.832. The molecule has 0 fully saturated rings. The molecule has 19 heavy (non-hydrogen) atoms. The second kappa shape index (κ2) is 5.53. The molecule has 0 unspecified atom stereocenters. The molecule has 0 spiro atoms. The van der Waals surface area contributed by atoms with Crippen molar-refractivity contribution in [1.29, 1.82) is 0 Å². The Labute approximate surface area is 113 Å². The predicted molar refractivity (Wildman–Crippen MR) is 78.2 cm³/mol. The molecule has 0 saturated heterocycles. The molecule has 2 heteroatoms. The Morgan fingerprint density at radius 1 is 0.895 bits per heavy atom. The lowest BCUT2D eigenvalue weighted by Crippen LogP contribution is -1.94. The maximum Gasteiger partial charge on any atom is 0.335 e. The first-order valence-corrected chi connectivity index (χ1v) is 6.15. The number of rotatable bonds is 3. The van der Waals surface area contributed by atoms with Gasteiger partial charge in [0.25, 0.3) is 0 Å². The van der Waals surface area contributed by atoms with Crippen molar-refractivity contribution >= 4 is 18.1 Å². The Kier molecular flexibility index (Phi) is 3.81. The maximum atomic E-state index is 10.7. The van der Waals surface area contributed by atoms with E-state index in [0.717, 1.165) is 11.1 Å². The molecule has 0 heterocycles. The van der Waals surface area contributed by atoms with Crippen LogP contribution in [0.15, 0.2) is 42.5 Å². The molecule has 2 nitrogen and oxygen atoms in total. The molecule has 0 saturated carbocycles. The molecule has 2 aromatic carbocycles. The smallest absolute Gasteiger partial charge is 0.335 e. The molecular formula is C17H16O2. The van der Waals surface area contributed by atoms with Gasteiger partial charge in [-0.2, -0.15) is 0 Å². The topological polar surface area (TPSA) is 37.3 Å². The highest BCUT2D eigenvalue weighted by molar-refractivity contribution is 5.88. The van der Waals surface area contributed by atoms with Gasteiger partial charge in [0.05, 0.1) is 5.56 Å². The van der Waals surface area contributed by atoms with E-state index in [0.29, 0.717) is 5.56 Å². The van der Waals surface area contributed by atoms with Crippen LogP contribution in [0, 0.1) is 13.8 Å². The van der Waals surface area contributed by atoms with Crippen LogP contribution < -0.4 is 0 Å². The summed E-state index contributed by atoms with van der Waals surface area (Å²) < 4.78 is 0. The summed E-state index contributed by atoms with van der Waals surface area (Å²) in [5, 5.41) is 8.82. The van der Waals surface area contributed by atoms with Crippen LogP contribution in [-0.2, 0) is 0 Å². The minimum absolute atomic E-state index is 0.309. The van der Waals surface area contributed by atoms with Crippen LogP contribution in [0.5, 0.6) is 0 Å². The monoisotopic (exact) mass is 252 g/mol. The number of aromatic carboxylic acids is 1. The third-order valence-electron chi connectivity index (χ3n) is 3.16. The summed E-state index contributed by atoms with van der Waals surface area (Å²) in [4.78, 5) is 10.7.